The number of benzene rings is 2. The van der Waals surface area contributed by atoms with Gasteiger partial charge in [0.05, 0.1) is 11.5 Å². The zero-order valence-corrected chi connectivity index (χ0v) is 15.0. The molecule has 2 aromatic rings. The molecule has 1 aliphatic heterocycles. The Morgan fingerprint density at radius 2 is 1.89 bits per heavy atom. The number of alkyl halides is 3. The van der Waals surface area contributed by atoms with Crippen LogP contribution in [-0.2, 0) is 16.4 Å². The lowest BCUT2D eigenvalue weighted by atomic mass is 9.63. The number of fused-ring (bicyclic) bond motifs is 1. The van der Waals surface area contributed by atoms with Gasteiger partial charge in [0.1, 0.15) is 5.75 Å². The summed E-state index contributed by atoms with van der Waals surface area (Å²) < 4.78 is 39.8. The predicted octanol–water partition coefficient (Wildman–Crippen LogP) is 4.32. The number of aliphatic hydroxyl groups excluding tert-OH is 1. The standard InChI is InChI=1S/C19H17ClF3NO3/c1-18(14-9-11(20)3-5-16(14)26)12(6-7-25)17(27)24-15-4-2-10(8-13(15)18)19(21,22)23/h2-5,8-9,12,25-26H,6-7H2,1H3,(H,24,27). The fourth-order valence-electron chi connectivity index (χ4n) is 3.73. The monoisotopic (exact) mass is 399 g/mol. The van der Waals surface area contributed by atoms with Crippen LogP contribution in [0.5, 0.6) is 5.75 Å². The van der Waals surface area contributed by atoms with E-state index in [0.29, 0.717) is 0 Å². The van der Waals surface area contributed by atoms with Crippen molar-refractivity contribution in [3.8, 4) is 5.75 Å². The van der Waals surface area contributed by atoms with Crippen molar-refractivity contribution >= 4 is 23.2 Å². The number of nitrogens with one attached hydrogen (secondary N) is 1. The van der Waals surface area contributed by atoms with Crippen molar-refractivity contribution in [2.75, 3.05) is 11.9 Å². The van der Waals surface area contributed by atoms with Crippen molar-refractivity contribution in [1.82, 2.24) is 0 Å². The zero-order chi connectivity index (χ0) is 20.0. The maximum Gasteiger partial charge on any atom is 0.416 e. The smallest absolute Gasteiger partial charge is 0.416 e. The van der Waals surface area contributed by atoms with Crippen LogP contribution < -0.4 is 5.32 Å². The molecule has 3 rings (SSSR count). The average Bonchev–Trinajstić information content (AvgIpc) is 2.59. The van der Waals surface area contributed by atoms with E-state index in [1.165, 1.54) is 24.3 Å². The largest absolute Gasteiger partial charge is 0.508 e. The number of carbonyl (C=O) groups excluding carboxylic acids is 1. The third-order valence-corrected chi connectivity index (χ3v) is 5.35. The van der Waals surface area contributed by atoms with Gasteiger partial charge in [-0.25, -0.2) is 0 Å². The maximum atomic E-state index is 13.3. The molecule has 0 fully saturated rings. The zero-order valence-electron chi connectivity index (χ0n) is 14.3. The highest BCUT2D eigenvalue weighted by atomic mass is 35.5. The molecular formula is C19H17ClF3NO3. The molecule has 2 atom stereocenters. The van der Waals surface area contributed by atoms with E-state index in [9.17, 15) is 28.2 Å². The molecule has 1 amide bonds. The topological polar surface area (TPSA) is 69.6 Å². The number of hydrogen-bond donors (Lipinski definition) is 3. The van der Waals surface area contributed by atoms with Gasteiger partial charge < -0.3 is 15.5 Å². The van der Waals surface area contributed by atoms with Crippen molar-refractivity contribution in [3.63, 3.8) is 0 Å². The van der Waals surface area contributed by atoms with Crippen LogP contribution in [0.1, 0.15) is 30.0 Å². The molecule has 4 nitrogen and oxygen atoms in total. The first-order valence-corrected chi connectivity index (χ1v) is 8.59. The van der Waals surface area contributed by atoms with Gasteiger partial charge in [0.15, 0.2) is 0 Å². The number of aliphatic hydroxyl groups is 1. The molecule has 1 heterocycles. The minimum atomic E-state index is -4.57. The summed E-state index contributed by atoms with van der Waals surface area (Å²) in [5.74, 6) is -1.54. The Morgan fingerprint density at radius 1 is 1.19 bits per heavy atom. The summed E-state index contributed by atoms with van der Waals surface area (Å²) in [4.78, 5) is 12.7. The minimum Gasteiger partial charge on any atom is -0.508 e. The van der Waals surface area contributed by atoms with Crippen molar-refractivity contribution in [1.29, 1.82) is 0 Å². The van der Waals surface area contributed by atoms with Crippen LogP contribution in [0.15, 0.2) is 36.4 Å². The first-order valence-electron chi connectivity index (χ1n) is 8.21. The van der Waals surface area contributed by atoms with E-state index in [0.717, 1.165) is 12.1 Å². The Bertz CT molecular complexity index is 900. The molecule has 1 aliphatic rings. The highest BCUT2D eigenvalue weighted by molar-refractivity contribution is 6.30. The lowest BCUT2D eigenvalue weighted by Crippen LogP contribution is -2.46. The van der Waals surface area contributed by atoms with Crippen LogP contribution in [0.4, 0.5) is 18.9 Å². The molecule has 0 saturated heterocycles. The molecule has 0 aliphatic carbocycles. The Balaban J connectivity index is 2.34. The van der Waals surface area contributed by atoms with Crippen LogP contribution in [0, 0.1) is 5.92 Å². The average molecular weight is 400 g/mol. The van der Waals surface area contributed by atoms with Crippen molar-refractivity contribution in [2.45, 2.75) is 24.9 Å². The second-order valence-electron chi connectivity index (χ2n) is 6.68. The van der Waals surface area contributed by atoms with Gasteiger partial charge in [-0.3, -0.25) is 4.79 Å². The highest BCUT2D eigenvalue weighted by Crippen LogP contribution is 2.51. The van der Waals surface area contributed by atoms with Gasteiger partial charge >= 0.3 is 6.18 Å². The van der Waals surface area contributed by atoms with Gasteiger partial charge in [0, 0.05) is 28.3 Å². The Morgan fingerprint density at radius 3 is 2.52 bits per heavy atom. The van der Waals surface area contributed by atoms with Crippen LogP contribution in [0.2, 0.25) is 5.02 Å². The van der Waals surface area contributed by atoms with Gasteiger partial charge in [0.2, 0.25) is 5.91 Å². The molecule has 0 bridgehead atoms. The summed E-state index contributed by atoms with van der Waals surface area (Å²) >= 11 is 6.05. The normalized spacial score (nSPS) is 22.3. The van der Waals surface area contributed by atoms with E-state index < -0.39 is 29.0 Å². The van der Waals surface area contributed by atoms with E-state index in [4.69, 9.17) is 11.6 Å². The molecule has 0 saturated carbocycles. The lowest BCUT2D eigenvalue weighted by Gasteiger charge is -2.43. The fraction of sp³-hybridized carbons (Fsp3) is 0.316. The van der Waals surface area contributed by atoms with Crippen LogP contribution in [0.3, 0.4) is 0 Å². The van der Waals surface area contributed by atoms with Crippen LogP contribution in [-0.4, -0.2) is 22.7 Å². The third kappa shape index (κ3) is 3.26. The van der Waals surface area contributed by atoms with Gasteiger partial charge in [0.25, 0.3) is 0 Å². The number of amides is 1. The van der Waals surface area contributed by atoms with Crippen molar-refractivity contribution in [2.24, 2.45) is 5.92 Å². The number of aromatic hydroxyl groups is 1. The number of rotatable bonds is 3. The van der Waals surface area contributed by atoms with Gasteiger partial charge in [-0.15, -0.1) is 0 Å². The molecular weight excluding hydrogens is 383 g/mol. The molecule has 0 spiro atoms. The minimum absolute atomic E-state index is 0.00394. The summed E-state index contributed by atoms with van der Waals surface area (Å²) in [6.07, 6.45) is -4.57. The van der Waals surface area contributed by atoms with E-state index in [2.05, 4.69) is 5.32 Å². The Kier molecular flexibility index (Phi) is 4.86. The number of anilines is 1. The Hall–Kier alpha value is -2.25. The summed E-state index contributed by atoms with van der Waals surface area (Å²) in [6, 6.07) is 7.28. The number of phenolic OH excluding ortho intramolecular Hbond substituents is 1. The van der Waals surface area contributed by atoms with Gasteiger partial charge in [-0.1, -0.05) is 18.5 Å². The quantitative estimate of drug-likeness (QED) is 0.720. The Labute approximate surface area is 158 Å². The van der Waals surface area contributed by atoms with Gasteiger partial charge in [-0.2, -0.15) is 13.2 Å². The molecule has 3 N–H and O–H groups in total. The molecule has 2 unspecified atom stereocenters. The van der Waals surface area contributed by atoms with Gasteiger partial charge in [-0.05, 0) is 48.4 Å². The van der Waals surface area contributed by atoms with Crippen molar-refractivity contribution < 1.29 is 28.2 Å². The summed E-state index contributed by atoms with van der Waals surface area (Å²) in [5.41, 5.74) is -1.54. The molecule has 8 heteroatoms. The number of halogens is 4. The summed E-state index contributed by atoms with van der Waals surface area (Å²) in [5, 5.41) is 22.7. The van der Waals surface area contributed by atoms with E-state index in [-0.39, 0.29) is 40.6 Å². The SMILES string of the molecule is CC1(c2cc(Cl)ccc2O)c2cc(C(F)(F)F)ccc2NC(=O)C1CCO. The van der Waals surface area contributed by atoms with Crippen LogP contribution in [0.25, 0.3) is 0 Å². The predicted molar refractivity (Wildman–Crippen MR) is 94.8 cm³/mol. The first kappa shape index (κ1) is 19.5. The highest BCUT2D eigenvalue weighted by Gasteiger charge is 2.48. The molecule has 0 radical (unpaired) electrons. The summed E-state index contributed by atoms with van der Waals surface area (Å²) in [7, 11) is 0. The number of hydrogen-bond acceptors (Lipinski definition) is 3. The summed E-state index contributed by atoms with van der Waals surface area (Å²) in [6.45, 7) is 1.24. The van der Waals surface area contributed by atoms with E-state index in [1.807, 2.05) is 0 Å². The first-order chi connectivity index (χ1) is 12.6. The fourth-order valence-corrected chi connectivity index (χ4v) is 3.91. The third-order valence-electron chi connectivity index (χ3n) is 5.11. The number of phenols is 1. The maximum absolute atomic E-state index is 13.3. The molecule has 144 valence electrons. The molecule has 2 aromatic carbocycles. The van der Waals surface area contributed by atoms with E-state index in [1.54, 1.807) is 6.92 Å². The molecule has 0 aromatic heterocycles. The second kappa shape index (κ2) is 6.73. The number of carbonyl (C=O) groups is 1. The van der Waals surface area contributed by atoms with Crippen molar-refractivity contribution in [3.05, 3.63) is 58.1 Å². The van der Waals surface area contributed by atoms with E-state index >= 15 is 0 Å². The van der Waals surface area contributed by atoms with Crippen LogP contribution >= 0.6 is 11.6 Å². The lowest BCUT2D eigenvalue weighted by molar-refractivity contribution is -0.137. The molecule has 27 heavy (non-hydrogen) atoms. The second-order valence-corrected chi connectivity index (χ2v) is 7.11.